The molecule has 0 N–H and O–H groups in total. The molecule has 0 aromatic heterocycles. The van der Waals surface area contributed by atoms with Crippen LogP contribution in [0.15, 0.2) is 60.7 Å². The van der Waals surface area contributed by atoms with Crippen molar-refractivity contribution in [1.29, 1.82) is 0 Å². The van der Waals surface area contributed by atoms with Crippen LogP contribution in [-0.2, 0) is 10.8 Å². The highest BCUT2D eigenvalue weighted by molar-refractivity contribution is 6.80. The lowest BCUT2D eigenvalue weighted by Crippen LogP contribution is -2.51. The van der Waals surface area contributed by atoms with Crippen molar-refractivity contribution < 1.29 is 0 Å². The zero-order valence-corrected chi connectivity index (χ0v) is 36.9. The summed E-state index contributed by atoms with van der Waals surface area (Å²) in [6, 6.07) is 24.9. The minimum atomic E-state index is -0.337. The zero-order valence-electron chi connectivity index (χ0n) is 36.9. The van der Waals surface area contributed by atoms with E-state index >= 15 is 0 Å². The topological polar surface area (TPSA) is 0 Å². The van der Waals surface area contributed by atoms with E-state index in [1.54, 1.807) is 314 Å². The van der Waals surface area contributed by atoms with Gasteiger partial charge in [-0.2, -0.15) is 0 Å². The Balaban J connectivity index is 1.18. The minimum absolute atomic E-state index is 0.260. The molecule has 0 nitrogen and oxygen atoms in total. The van der Waals surface area contributed by atoms with E-state index in [1.807, 2.05) is 0 Å². The highest BCUT2D eigenvalue weighted by Crippen LogP contribution is 2.88. The maximum atomic E-state index is 2.63. The van der Waals surface area contributed by atoms with Crippen molar-refractivity contribution in [2.24, 2.45) is 0 Å². The quantitative estimate of drug-likeness (QED) is 0.152. The van der Waals surface area contributed by atoms with Gasteiger partial charge in [0.1, 0.15) is 0 Å². The number of rotatable bonds is 2. The Morgan fingerprint density at radius 1 is 0.167 bits per heavy atom. The molecular formula is C72H12. The summed E-state index contributed by atoms with van der Waals surface area (Å²) in [5.41, 5.74) is 12.9. The van der Waals surface area contributed by atoms with Crippen LogP contribution < -0.4 is 0 Å². The van der Waals surface area contributed by atoms with Gasteiger partial charge in [0.25, 0.3) is 0 Å². The van der Waals surface area contributed by atoms with Gasteiger partial charge in [-0.25, -0.2) is 0 Å². The van der Waals surface area contributed by atoms with Gasteiger partial charge in [0.15, 0.2) is 0 Å². The maximum absolute atomic E-state index is 2.63. The first-order chi connectivity index (χ1) is 35.9. The summed E-state index contributed by atoms with van der Waals surface area (Å²) in [6.07, 6.45) is 0. The van der Waals surface area contributed by atoms with Crippen LogP contribution in [0.25, 0.3) is 269 Å². The average molecular weight is 877 g/mol. The first kappa shape index (κ1) is 26.9. The van der Waals surface area contributed by atoms with Crippen LogP contribution in [0.2, 0.25) is 0 Å². The Labute approximate surface area is 394 Å². The highest BCUT2D eigenvalue weighted by Gasteiger charge is 2.73. The van der Waals surface area contributed by atoms with Crippen molar-refractivity contribution in [3.05, 3.63) is 105 Å². The zero-order chi connectivity index (χ0) is 42.7. The van der Waals surface area contributed by atoms with Gasteiger partial charge < -0.3 is 0 Å². The van der Waals surface area contributed by atoms with Gasteiger partial charge in [-0.15, -0.1) is 0 Å². The second kappa shape index (κ2) is 6.23. The van der Waals surface area contributed by atoms with Crippen LogP contribution in [0, 0.1) is 0 Å². The summed E-state index contributed by atoms with van der Waals surface area (Å²) in [5.74, 6) is 0.520. The summed E-state index contributed by atoms with van der Waals surface area (Å²) in [6.45, 7) is 0. The average Bonchev–Trinajstić information content (AvgIpc) is 4.41. The van der Waals surface area contributed by atoms with Gasteiger partial charge in [-0.05, 0) is 314 Å². The van der Waals surface area contributed by atoms with Crippen LogP contribution in [0.4, 0.5) is 0 Å². The molecule has 300 valence electrons. The molecule has 0 heteroatoms. The Hall–Kier alpha value is -8.84. The van der Waals surface area contributed by atoms with E-state index in [9.17, 15) is 0 Å². The molecule has 28 aromatic carbocycles. The molecule has 6 aliphatic rings. The molecule has 0 fully saturated rings. The van der Waals surface area contributed by atoms with E-state index in [0.717, 1.165) is 0 Å². The van der Waals surface area contributed by atoms with E-state index in [4.69, 9.17) is 0 Å². The molecule has 0 heterocycles. The standard InChI is InChI=1S/C72H12/c1-3-7-11(8-4-1)71-65-57-48-41-28-21-15-16-18-14-13-17(15)26(28)32-30-19(13)23-20(14)31-33-27(18)29-22(16)25-24(21)35-43-36(25)45-42(29)49-47(33)51-38(31)40-34(23)39-37(30)50(46(32)48)61(65)63-52(39)53(40)64-62(51)66-58(49)55(45)60-56(43)59(54(57)44(35)41)67(71)68(60)72(66,70(64)69(63)71)12-9-5-2-6-10-12/h1-10,67-68H. The molecule has 4 atom stereocenters. The summed E-state index contributed by atoms with van der Waals surface area (Å²) < 4.78 is 0. The van der Waals surface area contributed by atoms with E-state index in [2.05, 4.69) is 60.7 Å². The van der Waals surface area contributed by atoms with Crippen LogP contribution in [0.5, 0.6) is 0 Å². The van der Waals surface area contributed by atoms with Gasteiger partial charge in [0.05, 0.1) is 10.8 Å². The molecule has 28 aromatic rings. The second-order valence-corrected chi connectivity index (χ2v) is 26.4. The van der Waals surface area contributed by atoms with Crippen molar-refractivity contribution in [3.63, 3.8) is 0 Å². The van der Waals surface area contributed by atoms with Gasteiger partial charge in [-0.3, -0.25) is 0 Å². The molecule has 0 aliphatic heterocycles. The predicted molar refractivity (Wildman–Crippen MR) is 302 cm³/mol. The molecule has 72 heavy (non-hydrogen) atoms. The Morgan fingerprint density at radius 3 is 0.597 bits per heavy atom. The third-order valence-corrected chi connectivity index (χ3v) is 26.3. The minimum Gasteiger partial charge on any atom is -0.0622 e. The van der Waals surface area contributed by atoms with Gasteiger partial charge in [-0.1, -0.05) is 60.7 Å². The van der Waals surface area contributed by atoms with Gasteiger partial charge in [0, 0.05) is 11.8 Å². The normalized spacial score (nSPS) is 23.9. The Kier molecular flexibility index (Phi) is 2.33. The molecular weight excluding hydrogens is 865 g/mol. The van der Waals surface area contributed by atoms with E-state index in [-0.39, 0.29) is 22.7 Å². The lowest BCUT2D eigenvalue weighted by Gasteiger charge is -2.57. The Bertz CT molecular complexity index is 7150. The van der Waals surface area contributed by atoms with Crippen LogP contribution in [0.3, 0.4) is 0 Å². The maximum Gasteiger partial charge on any atom is 0.0549 e. The largest absolute Gasteiger partial charge is 0.0622 e. The van der Waals surface area contributed by atoms with Crippen molar-refractivity contribution >= 4 is 269 Å². The molecule has 0 spiro atoms. The molecule has 0 saturated heterocycles. The van der Waals surface area contributed by atoms with Crippen LogP contribution >= 0.6 is 0 Å². The number of hydrogen-bond acceptors (Lipinski definition) is 0. The van der Waals surface area contributed by atoms with Crippen molar-refractivity contribution in [1.82, 2.24) is 0 Å². The van der Waals surface area contributed by atoms with Crippen molar-refractivity contribution in [2.75, 3.05) is 0 Å². The summed E-state index contributed by atoms with van der Waals surface area (Å²) in [7, 11) is 0. The lowest BCUT2D eigenvalue weighted by molar-refractivity contribution is 0.323. The molecule has 0 radical (unpaired) electrons. The molecule has 0 saturated carbocycles. The summed E-state index contributed by atoms with van der Waals surface area (Å²) in [4.78, 5) is 0. The summed E-state index contributed by atoms with van der Waals surface area (Å²) in [5, 5.41) is 83.5. The van der Waals surface area contributed by atoms with Crippen LogP contribution in [0.1, 0.15) is 56.3 Å². The smallest absolute Gasteiger partial charge is 0.0549 e. The second-order valence-electron chi connectivity index (χ2n) is 26.4. The fraction of sp³-hybridized carbons (Fsp3) is 0.0556. The molecule has 6 aliphatic carbocycles. The third kappa shape index (κ3) is 1.45. The number of benzene rings is 19. The van der Waals surface area contributed by atoms with Crippen molar-refractivity contribution in [3.8, 4) is 0 Å². The fourth-order valence-corrected chi connectivity index (χ4v) is 26.3. The van der Waals surface area contributed by atoms with Crippen molar-refractivity contribution in [2.45, 2.75) is 22.7 Å². The monoisotopic (exact) mass is 876 g/mol. The molecule has 4 unspecified atom stereocenters. The first-order valence-electron chi connectivity index (χ1n) is 27.1. The van der Waals surface area contributed by atoms with E-state index in [0.29, 0.717) is 0 Å². The predicted octanol–water partition coefficient (Wildman–Crippen LogP) is 19.0. The van der Waals surface area contributed by atoms with Gasteiger partial charge >= 0.3 is 0 Å². The molecule has 34 rings (SSSR count). The fourth-order valence-electron chi connectivity index (χ4n) is 26.3. The summed E-state index contributed by atoms with van der Waals surface area (Å²) >= 11 is 0. The lowest BCUT2D eigenvalue weighted by atomic mass is 9.43. The number of hydrogen-bond donors (Lipinski definition) is 0. The van der Waals surface area contributed by atoms with E-state index in [1.165, 1.54) is 0 Å². The highest BCUT2D eigenvalue weighted by atomic mass is 14.7. The first-order valence-corrected chi connectivity index (χ1v) is 27.1. The molecule has 0 amide bonds. The van der Waals surface area contributed by atoms with Gasteiger partial charge in [0.2, 0.25) is 0 Å². The third-order valence-electron chi connectivity index (χ3n) is 26.3. The Morgan fingerprint density at radius 2 is 0.347 bits per heavy atom. The van der Waals surface area contributed by atoms with Crippen LogP contribution in [-0.4, -0.2) is 0 Å². The SMILES string of the molecule is c1ccc(C23c4c5c6c7c8c9c%10c%11c%12c(c%13c%14c2c2c4c4c6c6c%15c7c7c9c9c%10c%10c%12c%12c%13c%13c%14c%14c2c2c4c6c4c6c2c%14c2c%13c%13c%12c%10c%10c9c9c7c%15c4c4c9c%10c%13c2c64)C3C%11C58c2ccccc2)cc1. The molecule has 0 bridgehead atoms. The van der Waals surface area contributed by atoms with E-state index < -0.39 is 0 Å².